The maximum absolute atomic E-state index is 11.4. The number of nitriles is 2. The Morgan fingerprint density at radius 3 is 2.43 bits per heavy atom. The molecule has 0 fully saturated rings. The molecule has 14 heavy (non-hydrogen) atoms. The van der Waals surface area contributed by atoms with Gasteiger partial charge in [0, 0.05) is 24.4 Å². The molecule has 0 aromatic carbocycles. The van der Waals surface area contributed by atoms with Crippen molar-refractivity contribution in [3.63, 3.8) is 0 Å². The van der Waals surface area contributed by atoms with Crippen LogP contribution in [0.5, 0.6) is 0 Å². The van der Waals surface area contributed by atoms with Crippen molar-refractivity contribution in [1.29, 1.82) is 10.5 Å². The van der Waals surface area contributed by atoms with Gasteiger partial charge in [-0.25, -0.2) is 0 Å². The van der Waals surface area contributed by atoms with E-state index in [9.17, 15) is 4.79 Å². The van der Waals surface area contributed by atoms with E-state index in [1.807, 2.05) is 0 Å². The molecular weight excluding hydrogens is 178 g/mol. The van der Waals surface area contributed by atoms with Gasteiger partial charge < -0.3 is 0 Å². The molecule has 0 aliphatic heterocycles. The van der Waals surface area contributed by atoms with Gasteiger partial charge in [-0.05, 0) is 12.1 Å². The first-order valence-electron chi connectivity index (χ1n) is 4.00. The van der Waals surface area contributed by atoms with Crippen molar-refractivity contribution in [1.82, 2.24) is 4.98 Å². The molecule has 0 N–H and O–H groups in total. The third kappa shape index (κ3) is 2.40. The summed E-state index contributed by atoms with van der Waals surface area (Å²) in [4.78, 5) is 15.2. The van der Waals surface area contributed by atoms with Crippen LogP contribution in [0.3, 0.4) is 0 Å². The summed E-state index contributed by atoms with van der Waals surface area (Å²) < 4.78 is 0. The van der Waals surface area contributed by atoms with Gasteiger partial charge >= 0.3 is 0 Å². The molecule has 0 bridgehead atoms. The first-order chi connectivity index (χ1) is 6.77. The monoisotopic (exact) mass is 185 g/mol. The molecule has 1 heterocycles. The molecule has 0 radical (unpaired) electrons. The van der Waals surface area contributed by atoms with Crippen LogP contribution in [0.15, 0.2) is 24.5 Å². The largest absolute Gasteiger partial charge is 0.294 e. The van der Waals surface area contributed by atoms with Crippen LogP contribution in [-0.4, -0.2) is 10.8 Å². The fraction of sp³-hybridized carbons (Fsp3) is 0.200. The van der Waals surface area contributed by atoms with E-state index in [4.69, 9.17) is 10.5 Å². The summed E-state index contributed by atoms with van der Waals surface area (Å²) >= 11 is 0. The molecule has 0 atom stereocenters. The second-order valence-electron chi connectivity index (χ2n) is 2.67. The van der Waals surface area contributed by atoms with Crippen LogP contribution in [0.4, 0.5) is 0 Å². The van der Waals surface area contributed by atoms with E-state index in [2.05, 4.69) is 4.98 Å². The normalized spacial score (nSPS) is 9.07. The smallest absolute Gasteiger partial charge is 0.165 e. The van der Waals surface area contributed by atoms with Gasteiger partial charge in [-0.2, -0.15) is 10.5 Å². The van der Waals surface area contributed by atoms with Crippen molar-refractivity contribution in [2.45, 2.75) is 6.42 Å². The summed E-state index contributed by atoms with van der Waals surface area (Å²) in [5.41, 5.74) is 0.482. The van der Waals surface area contributed by atoms with Gasteiger partial charge in [0.25, 0.3) is 0 Å². The van der Waals surface area contributed by atoms with Crippen molar-refractivity contribution in [3.8, 4) is 12.1 Å². The molecule has 0 spiro atoms. The Labute approximate surface area is 81.4 Å². The zero-order valence-electron chi connectivity index (χ0n) is 7.34. The molecule has 1 aromatic rings. The van der Waals surface area contributed by atoms with Crippen LogP contribution < -0.4 is 0 Å². The zero-order valence-corrected chi connectivity index (χ0v) is 7.34. The average Bonchev–Trinajstić information content (AvgIpc) is 2.26. The van der Waals surface area contributed by atoms with Crippen LogP contribution >= 0.6 is 0 Å². The highest BCUT2D eigenvalue weighted by Crippen LogP contribution is 2.07. The number of ketones is 1. The van der Waals surface area contributed by atoms with Crippen LogP contribution in [0.1, 0.15) is 16.8 Å². The lowest BCUT2D eigenvalue weighted by Gasteiger charge is -1.99. The van der Waals surface area contributed by atoms with Gasteiger partial charge in [0.2, 0.25) is 0 Å². The molecule has 1 aromatic heterocycles. The predicted octanol–water partition coefficient (Wildman–Crippen LogP) is 1.32. The van der Waals surface area contributed by atoms with Gasteiger partial charge in [-0.1, -0.05) is 0 Å². The van der Waals surface area contributed by atoms with Crippen molar-refractivity contribution in [3.05, 3.63) is 30.1 Å². The molecule has 68 valence electrons. The fourth-order valence-corrected chi connectivity index (χ4v) is 0.961. The average molecular weight is 185 g/mol. The number of rotatable bonds is 3. The number of hydrogen-bond donors (Lipinski definition) is 0. The Morgan fingerprint density at radius 2 is 1.93 bits per heavy atom. The van der Waals surface area contributed by atoms with E-state index in [0.29, 0.717) is 5.56 Å². The van der Waals surface area contributed by atoms with E-state index < -0.39 is 5.92 Å². The highest BCUT2D eigenvalue weighted by atomic mass is 16.1. The quantitative estimate of drug-likeness (QED) is 0.665. The van der Waals surface area contributed by atoms with E-state index in [1.165, 1.54) is 12.4 Å². The van der Waals surface area contributed by atoms with Crippen LogP contribution in [-0.2, 0) is 0 Å². The van der Waals surface area contributed by atoms with Crippen LogP contribution in [0.25, 0.3) is 0 Å². The molecule has 0 unspecified atom stereocenters. The lowest BCUT2D eigenvalue weighted by atomic mass is 10.0. The molecule has 0 aliphatic carbocycles. The molecule has 0 saturated heterocycles. The standard InChI is InChI=1S/C10H7N3O/c11-6-8(7-12)5-10(14)9-1-3-13-4-2-9/h1-4,8H,5H2. The number of carbonyl (C=O) groups is 1. The third-order valence-corrected chi connectivity index (χ3v) is 1.70. The van der Waals surface area contributed by atoms with Crippen LogP contribution in [0, 0.1) is 28.6 Å². The minimum Gasteiger partial charge on any atom is -0.294 e. The summed E-state index contributed by atoms with van der Waals surface area (Å²) in [6.07, 6.45) is 2.94. The Morgan fingerprint density at radius 1 is 1.36 bits per heavy atom. The second-order valence-corrected chi connectivity index (χ2v) is 2.67. The summed E-state index contributed by atoms with van der Waals surface area (Å²) in [5.74, 6) is -1.07. The van der Waals surface area contributed by atoms with Gasteiger partial charge in [0.05, 0.1) is 12.1 Å². The second kappa shape index (κ2) is 4.74. The Bertz CT molecular complexity index is 386. The minimum absolute atomic E-state index is 0.0585. The molecule has 4 nitrogen and oxygen atoms in total. The lowest BCUT2D eigenvalue weighted by Crippen LogP contribution is -2.05. The number of carbonyl (C=O) groups excluding carboxylic acids is 1. The van der Waals surface area contributed by atoms with Gasteiger partial charge in [0.15, 0.2) is 5.78 Å². The Kier molecular flexibility index (Phi) is 3.34. The van der Waals surface area contributed by atoms with Crippen molar-refractivity contribution >= 4 is 5.78 Å². The Hall–Kier alpha value is -2.20. The van der Waals surface area contributed by atoms with E-state index in [1.54, 1.807) is 24.3 Å². The molecule has 4 heteroatoms. The van der Waals surface area contributed by atoms with E-state index in [-0.39, 0.29) is 12.2 Å². The van der Waals surface area contributed by atoms with Gasteiger partial charge in [-0.3, -0.25) is 9.78 Å². The third-order valence-electron chi connectivity index (χ3n) is 1.70. The van der Waals surface area contributed by atoms with Crippen molar-refractivity contribution in [2.75, 3.05) is 0 Å². The summed E-state index contributed by atoms with van der Waals surface area (Å²) in [5, 5.41) is 17.0. The number of aromatic nitrogens is 1. The fourth-order valence-electron chi connectivity index (χ4n) is 0.961. The predicted molar refractivity (Wildman–Crippen MR) is 47.9 cm³/mol. The molecule has 0 saturated carbocycles. The zero-order chi connectivity index (χ0) is 10.4. The minimum atomic E-state index is -0.865. The first-order valence-corrected chi connectivity index (χ1v) is 4.00. The number of hydrogen-bond acceptors (Lipinski definition) is 4. The highest BCUT2D eigenvalue weighted by Gasteiger charge is 2.13. The maximum atomic E-state index is 11.4. The summed E-state index contributed by atoms with van der Waals surface area (Å²) in [6, 6.07) is 6.64. The molecular formula is C10H7N3O. The highest BCUT2D eigenvalue weighted by molar-refractivity contribution is 5.96. The van der Waals surface area contributed by atoms with Gasteiger partial charge in [0.1, 0.15) is 5.92 Å². The Balaban J connectivity index is 2.71. The van der Waals surface area contributed by atoms with Crippen molar-refractivity contribution in [2.24, 2.45) is 5.92 Å². The molecule has 1 rings (SSSR count). The SMILES string of the molecule is N#CC(C#N)CC(=O)c1ccncc1. The lowest BCUT2D eigenvalue weighted by molar-refractivity contribution is 0.0976. The van der Waals surface area contributed by atoms with Crippen LogP contribution in [0.2, 0.25) is 0 Å². The number of nitrogens with zero attached hydrogens (tertiary/aromatic N) is 3. The maximum Gasteiger partial charge on any atom is 0.165 e. The topological polar surface area (TPSA) is 77.5 Å². The molecule has 0 aliphatic rings. The first kappa shape index (κ1) is 9.88. The van der Waals surface area contributed by atoms with E-state index >= 15 is 0 Å². The van der Waals surface area contributed by atoms with Gasteiger partial charge in [-0.15, -0.1) is 0 Å². The molecule has 0 amide bonds. The number of pyridine rings is 1. The summed E-state index contributed by atoms with van der Waals surface area (Å²) in [6.45, 7) is 0. The number of Topliss-reactive ketones (excluding diaryl/α,β-unsaturated/α-hetero) is 1. The van der Waals surface area contributed by atoms with Crippen molar-refractivity contribution < 1.29 is 4.79 Å². The van der Waals surface area contributed by atoms with E-state index in [0.717, 1.165) is 0 Å². The summed E-state index contributed by atoms with van der Waals surface area (Å²) in [7, 11) is 0.